The largest absolute Gasteiger partial charge is 0.497 e. The Balaban J connectivity index is 2.00. The van der Waals surface area contributed by atoms with Gasteiger partial charge in [0.15, 0.2) is 0 Å². The Hall–Kier alpha value is -2.62. The monoisotopic (exact) mass is 282 g/mol. The number of aryl methyl sites for hydroxylation is 2. The molecule has 0 bridgehead atoms. The second-order valence-corrected chi connectivity index (χ2v) is 4.85. The average molecular weight is 282 g/mol. The third kappa shape index (κ3) is 4.18. The van der Waals surface area contributed by atoms with Gasteiger partial charge in [0.25, 0.3) is 5.91 Å². The van der Waals surface area contributed by atoms with E-state index in [4.69, 9.17) is 4.74 Å². The number of hydrazone groups is 1. The molecule has 2 aromatic rings. The summed E-state index contributed by atoms with van der Waals surface area (Å²) in [5, 5.41) is 3.99. The molecule has 0 atom stereocenters. The average Bonchev–Trinajstić information content (AvgIpc) is 2.46. The van der Waals surface area contributed by atoms with E-state index in [0.717, 1.165) is 16.7 Å². The lowest BCUT2D eigenvalue weighted by atomic mass is 10.1. The normalized spacial score (nSPS) is 10.6. The highest BCUT2D eigenvalue weighted by molar-refractivity contribution is 5.95. The van der Waals surface area contributed by atoms with Crippen molar-refractivity contribution in [2.75, 3.05) is 7.11 Å². The fraction of sp³-hybridized carbons (Fsp3) is 0.176. The van der Waals surface area contributed by atoms with E-state index in [9.17, 15) is 4.79 Å². The van der Waals surface area contributed by atoms with Gasteiger partial charge in [0.1, 0.15) is 5.75 Å². The zero-order chi connectivity index (χ0) is 15.2. The molecule has 0 spiro atoms. The quantitative estimate of drug-likeness (QED) is 0.692. The Morgan fingerprint density at radius 3 is 2.29 bits per heavy atom. The first kappa shape index (κ1) is 14.8. The summed E-state index contributed by atoms with van der Waals surface area (Å²) in [6.45, 7) is 4.06. The number of methoxy groups -OCH3 is 1. The molecule has 21 heavy (non-hydrogen) atoms. The molecular weight excluding hydrogens is 264 g/mol. The van der Waals surface area contributed by atoms with Crippen molar-refractivity contribution in [3.05, 3.63) is 64.7 Å². The van der Waals surface area contributed by atoms with Crippen molar-refractivity contribution in [3.63, 3.8) is 0 Å². The molecule has 4 heteroatoms. The minimum absolute atomic E-state index is 0.252. The fourth-order valence-corrected chi connectivity index (χ4v) is 2.06. The van der Waals surface area contributed by atoms with Crippen LogP contribution in [-0.4, -0.2) is 19.2 Å². The van der Waals surface area contributed by atoms with Gasteiger partial charge in [-0.2, -0.15) is 5.10 Å². The van der Waals surface area contributed by atoms with Crippen LogP contribution in [0, 0.1) is 13.8 Å². The SMILES string of the molecule is COc1ccc(C(=O)NN=Cc2cc(C)cc(C)c2)cc1. The zero-order valence-electron chi connectivity index (χ0n) is 12.4. The number of nitrogens with one attached hydrogen (secondary N) is 1. The number of carbonyl (C=O) groups is 1. The van der Waals surface area contributed by atoms with Crippen LogP contribution >= 0.6 is 0 Å². The van der Waals surface area contributed by atoms with Gasteiger partial charge in [0, 0.05) is 5.56 Å². The lowest BCUT2D eigenvalue weighted by Crippen LogP contribution is -2.17. The van der Waals surface area contributed by atoms with E-state index in [2.05, 4.69) is 16.6 Å². The number of benzene rings is 2. The summed E-state index contributed by atoms with van der Waals surface area (Å²) >= 11 is 0. The van der Waals surface area contributed by atoms with E-state index in [1.54, 1.807) is 37.6 Å². The van der Waals surface area contributed by atoms with E-state index in [-0.39, 0.29) is 5.91 Å². The summed E-state index contributed by atoms with van der Waals surface area (Å²) in [6, 6.07) is 13.0. The van der Waals surface area contributed by atoms with Crippen LogP contribution in [0.25, 0.3) is 0 Å². The number of amides is 1. The summed E-state index contributed by atoms with van der Waals surface area (Å²) in [4.78, 5) is 11.9. The van der Waals surface area contributed by atoms with Gasteiger partial charge in [-0.25, -0.2) is 5.43 Å². The van der Waals surface area contributed by atoms with Gasteiger partial charge in [0.2, 0.25) is 0 Å². The highest BCUT2D eigenvalue weighted by Gasteiger charge is 2.03. The van der Waals surface area contributed by atoms with Crippen molar-refractivity contribution in [2.45, 2.75) is 13.8 Å². The highest BCUT2D eigenvalue weighted by atomic mass is 16.5. The molecule has 1 N–H and O–H groups in total. The van der Waals surface area contributed by atoms with Crippen molar-refractivity contribution in [3.8, 4) is 5.75 Å². The molecule has 108 valence electrons. The molecule has 0 saturated heterocycles. The lowest BCUT2D eigenvalue weighted by Gasteiger charge is -2.02. The molecule has 0 aliphatic heterocycles. The van der Waals surface area contributed by atoms with E-state index in [0.29, 0.717) is 11.3 Å². The van der Waals surface area contributed by atoms with Crippen LogP contribution in [0.4, 0.5) is 0 Å². The van der Waals surface area contributed by atoms with Crippen LogP contribution in [0.2, 0.25) is 0 Å². The van der Waals surface area contributed by atoms with Crippen LogP contribution in [-0.2, 0) is 0 Å². The Bertz CT molecular complexity index is 641. The Labute approximate surface area is 124 Å². The summed E-state index contributed by atoms with van der Waals surface area (Å²) in [6.07, 6.45) is 1.64. The third-order valence-electron chi connectivity index (χ3n) is 2.98. The number of carbonyl (C=O) groups excluding carboxylic acids is 1. The van der Waals surface area contributed by atoms with Crippen molar-refractivity contribution in [2.24, 2.45) is 5.10 Å². The molecule has 0 fully saturated rings. The number of rotatable bonds is 4. The molecule has 0 aliphatic carbocycles. The molecule has 0 saturated carbocycles. The van der Waals surface area contributed by atoms with Crippen molar-refractivity contribution in [1.82, 2.24) is 5.43 Å². The van der Waals surface area contributed by atoms with Gasteiger partial charge < -0.3 is 4.74 Å². The Morgan fingerprint density at radius 1 is 1.10 bits per heavy atom. The molecule has 0 aromatic heterocycles. The Kier molecular flexibility index (Phi) is 4.72. The maximum atomic E-state index is 11.9. The van der Waals surface area contributed by atoms with E-state index in [1.807, 2.05) is 26.0 Å². The van der Waals surface area contributed by atoms with E-state index < -0.39 is 0 Å². The first-order valence-electron chi connectivity index (χ1n) is 6.64. The van der Waals surface area contributed by atoms with Crippen molar-refractivity contribution in [1.29, 1.82) is 0 Å². The van der Waals surface area contributed by atoms with E-state index in [1.165, 1.54) is 0 Å². The molecule has 4 nitrogen and oxygen atoms in total. The molecule has 0 radical (unpaired) electrons. The predicted molar refractivity (Wildman–Crippen MR) is 84.0 cm³/mol. The second kappa shape index (κ2) is 6.70. The number of hydrogen-bond acceptors (Lipinski definition) is 3. The topological polar surface area (TPSA) is 50.7 Å². The number of hydrogen-bond donors (Lipinski definition) is 1. The molecule has 2 rings (SSSR count). The van der Waals surface area contributed by atoms with Crippen LogP contribution < -0.4 is 10.2 Å². The van der Waals surface area contributed by atoms with Crippen molar-refractivity contribution < 1.29 is 9.53 Å². The van der Waals surface area contributed by atoms with Gasteiger partial charge >= 0.3 is 0 Å². The zero-order valence-corrected chi connectivity index (χ0v) is 12.4. The summed E-state index contributed by atoms with van der Waals surface area (Å²) in [5.74, 6) is 0.462. The summed E-state index contributed by atoms with van der Waals surface area (Å²) in [5.41, 5.74) is 6.34. The van der Waals surface area contributed by atoms with Gasteiger partial charge in [-0.1, -0.05) is 29.3 Å². The molecule has 2 aromatic carbocycles. The molecule has 0 heterocycles. The second-order valence-electron chi connectivity index (χ2n) is 4.85. The molecule has 0 unspecified atom stereocenters. The van der Waals surface area contributed by atoms with Gasteiger partial charge in [0.05, 0.1) is 13.3 Å². The van der Waals surface area contributed by atoms with Crippen LogP contribution in [0.1, 0.15) is 27.0 Å². The first-order chi connectivity index (χ1) is 10.1. The maximum absolute atomic E-state index is 11.9. The maximum Gasteiger partial charge on any atom is 0.271 e. The van der Waals surface area contributed by atoms with Gasteiger partial charge in [-0.05, 0) is 43.7 Å². The van der Waals surface area contributed by atoms with Crippen molar-refractivity contribution >= 4 is 12.1 Å². The number of ether oxygens (including phenoxy) is 1. The van der Waals surface area contributed by atoms with E-state index >= 15 is 0 Å². The van der Waals surface area contributed by atoms with Gasteiger partial charge in [-0.15, -0.1) is 0 Å². The smallest absolute Gasteiger partial charge is 0.271 e. The number of nitrogens with zero attached hydrogens (tertiary/aromatic N) is 1. The first-order valence-corrected chi connectivity index (χ1v) is 6.64. The predicted octanol–water partition coefficient (Wildman–Crippen LogP) is 3.08. The molecule has 0 aliphatic rings. The molecule has 1 amide bonds. The fourth-order valence-electron chi connectivity index (χ4n) is 2.06. The van der Waals surface area contributed by atoms with Crippen LogP contribution in [0.3, 0.4) is 0 Å². The highest BCUT2D eigenvalue weighted by Crippen LogP contribution is 2.11. The van der Waals surface area contributed by atoms with Crippen LogP contribution in [0.15, 0.2) is 47.6 Å². The minimum Gasteiger partial charge on any atom is -0.497 e. The molecular formula is C17H18N2O2. The standard InChI is InChI=1S/C17H18N2O2/c1-12-8-13(2)10-14(9-12)11-18-19-17(20)15-4-6-16(21-3)7-5-15/h4-11H,1-3H3,(H,19,20). The summed E-state index contributed by atoms with van der Waals surface area (Å²) < 4.78 is 5.05. The minimum atomic E-state index is -0.252. The third-order valence-corrected chi connectivity index (χ3v) is 2.98. The summed E-state index contributed by atoms with van der Waals surface area (Å²) in [7, 11) is 1.59. The van der Waals surface area contributed by atoms with Crippen LogP contribution in [0.5, 0.6) is 5.75 Å². The van der Waals surface area contributed by atoms with Gasteiger partial charge in [-0.3, -0.25) is 4.79 Å². The Morgan fingerprint density at radius 2 is 1.71 bits per heavy atom. The lowest BCUT2D eigenvalue weighted by molar-refractivity contribution is 0.0955.